The van der Waals surface area contributed by atoms with E-state index in [0.29, 0.717) is 5.69 Å². The Bertz CT molecular complexity index is 2340. The molecule has 2 aromatic heterocycles. The molecule has 45 heavy (non-hydrogen) atoms. The molecule has 0 radical (unpaired) electrons. The first-order chi connectivity index (χ1) is 21.8. The Morgan fingerprint density at radius 1 is 0.600 bits per heavy atom. The maximum Gasteiger partial charge on any atom is 0.223 e. The Balaban J connectivity index is 1.33. The van der Waals surface area contributed by atoms with Gasteiger partial charge in [0.25, 0.3) is 0 Å². The molecule has 0 fully saturated rings. The Labute approximate surface area is 263 Å². The third kappa shape index (κ3) is 4.06. The average Bonchev–Trinajstić information content (AvgIpc) is 3.40. The number of hydrogen-bond acceptors (Lipinski definition) is 4. The van der Waals surface area contributed by atoms with Crippen molar-refractivity contribution in [3.8, 4) is 5.69 Å². The molecule has 3 heterocycles. The van der Waals surface area contributed by atoms with E-state index in [1.165, 1.54) is 32.9 Å². The first-order valence-electron chi connectivity index (χ1n) is 15.1. The van der Waals surface area contributed by atoms with Gasteiger partial charge in [-0.2, -0.15) is 0 Å². The van der Waals surface area contributed by atoms with Gasteiger partial charge in [-0.25, -0.2) is 13.4 Å². The highest BCUT2D eigenvalue weighted by Gasteiger charge is 2.38. The number of nitrogens with zero attached hydrogens (tertiary/aromatic N) is 3. The van der Waals surface area contributed by atoms with Gasteiger partial charge in [-0.3, -0.25) is 0 Å². The number of rotatable bonds is 4. The molecule has 5 nitrogen and oxygen atoms in total. The summed E-state index contributed by atoms with van der Waals surface area (Å²) in [6.07, 6.45) is 0. The molecule has 0 unspecified atom stereocenters. The Hall–Kier alpha value is -5.20. The van der Waals surface area contributed by atoms with Crippen LogP contribution in [0.4, 0.5) is 17.1 Å². The summed E-state index contributed by atoms with van der Waals surface area (Å²) in [4.78, 5) is 7.13. The molecule has 7 aromatic rings. The Kier molecular flexibility index (Phi) is 6.02. The number of aromatic nitrogens is 2. The number of fused-ring (bicyclic) bond motifs is 5. The topological polar surface area (TPSA) is 55.2 Å². The van der Waals surface area contributed by atoms with Crippen molar-refractivity contribution in [2.75, 3.05) is 4.90 Å². The van der Waals surface area contributed by atoms with E-state index in [9.17, 15) is 8.42 Å². The van der Waals surface area contributed by atoms with Crippen LogP contribution in [0, 0.1) is 6.92 Å². The summed E-state index contributed by atoms with van der Waals surface area (Å²) >= 11 is 0. The lowest BCUT2D eigenvalue weighted by atomic mass is 9.73. The van der Waals surface area contributed by atoms with E-state index in [2.05, 4.69) is 119 Å². The zero-order valence-electron chi connectivity index (χ0n) is 25.3. The number of benzene rings is 5. The standard InChI is InChI=1S/C39H31N3O2S/c1-26-33(23-24-38(40-26)45(43,44)28-13-5-4-6-14-28)42-36-20-12-9-17-31(36)39(2,3)32-25-27(21-22-37(32)42)41-34-18-10-7-15-29(34)30-16-8-11-19-35(30)41/h4-25H,1-3H3. The molecule has 0 amide bonds. The molecule has 0 saturated carbocycles. The van der Waals surface area contributed by atoms with Crippen LogP contribution >= 0.6 is 0 Å². The lowest BCUT2D eigenvalue weighted by Gasteiger charge is -2.42. The van der Waals surface area contributed by atoms with Gasteiger partial charge in [0, 0.05) is 21.9 Å². The third-order valence-corrected chi connectivity index (χ3v) is 10.8. The van der Waals surface area contributed by atoms with Crippen LogP contribution in [0.2, 0.25) is 0 Å². The van der Waals surface area contributed by atoms with E-state index in [0.717, 1.165) is 22.7 Å². The fraction of sp³-hybridized carbons (Fsp3) is 0.103. The normalized spacial score (nSPS) is 14.0. The maximum absolute atomic E-state index is 13.4. The van der Waals surface area contributed by atoms with Gasteiger partial charge in [0.05, 0.1) is 38.7 Å². The molecule has 0 bridgehead atoms. The van der Waals surface area contributed by atoms with E-state index < -0.39 is 9.84 Å². The summed E-state index contributed by atoms with van der Waals surface area (Å²) in [6, 6.07) is 44.2. The summed E-state index contributed by atoms with van der Waals surface area (Å²) in [5.74, 6) is 0. The molecule has 0 aliphatic carbocycles. The number of para-hydroxylation sites is 3. The number of sulfone groups is 1. The van der Waals surface area contributed by atoms with Gasteiger partial charge in [0.2, 0.25) is 9.84 Å². The number of hydrogen-bond donors (Lipinski definition) is 0. The second-order valence-electron chi connectivity index (χ2n) is 12.1. The van der Waals surface area contributed by atoms with Crippen LogP contribution < -0.4 is 4.90 Å². The average molecular weight is 606 g/mol. The van der Waals surface area contributed by atoms with Crippen molar-refractivity contribution < 1.29 is 8.42 Å². The molecule has 0 N–H and O–H groups in total. The first kappa shape index (κ1) is 27.4. The minimum Gasteiger partial charge on any atom is -0.309 e. The molecular formula is C39H31N3O2S. The zero-order valence-corrected chi connectivity index (χ0v) is 26.1. The van der Waals surface area contributed by atoms with Crippen LogP contribution in [0.15, 0.2) is 143 Å². The molecule has 1 aliphatic heterocycles. The monoisotopic (exact) mass is 605 g/mol. The zero-order chi connectivity index (χ0) is 30.9. The summed E-state index contributed by atoms with van der Waals surface area (Å²) in [5, 5.41) is 2.50. The minimum absolute atomic E-state index is 0.0440. The Morgan fingerprint density at radius 2 is 1.18 bits per heavy atom. The molecule has 8 rings (SSSR count). The van der Waals surface area contributed by atoms with E-state index >= 15 is 0 Å². The van der Waals surface area contributed by atoms with Crippen molar-refractivity contribution in [2.24, 2.45) is 0 Å². The van der Waals surface area contributed by atoms with Crippen LogP contribution in [0.25, 0.3) is 27.5 Å². The van der Waals surface area contributed by atoms with Gasteiger partial charge in [0.15, 0.2) is 5.03 Å². The van der Waals surface area contributed by atoms with Crippen molar-refractivity contribution in [3.05, 3.63) is 150 Å². The van der Waals surface area contributed by atoms with Crippen molar-refractivity contribution in [1.29, 1.82) is 0 Å². The number of anilines is 3. The van der Waals surface area contributed by atoms with Gasteiger partial charge in [-0.1, -0.05) is 86.6 Å². The highest BCUT2D eigenvalue weighted by molar-refractivity contribution is 7.91. The summed E-state index contributed by atoms with van der Waals surface area (Å²) in [7, 11) is -3.75. The largest absolute Gasteiger partial charge is 0.309 e. The van der Waals surface area contributed by atoms with Crippen LogP contribution in [0.1, 0.15) is 30.7 Å². The van der Waals surface area contributed by atoms with Gasteiger partial charge in [-0.05, 0) is 78.7 Å². The molecule has 1 aliphatic rings. The van der Waals surface area contributed by atoms with Crippen molar-refractivity contribution >= 4 is 48.7 Å². The second-order valence-corrected chi connectivity index (χ2v) is 14.0. The molecule has 0 spiro atoms. The molecule has 6 heteroatoms. The van der Waals surface area contributed by atoms with Crippen LogP contribution in [0.3, 0.4) is 0 Å². The second kappa shape index (κ2) is 9.91. The van der Waals surface area contributed by atoms with Gasteiger partial charge in [0.1, 0.15) is 0 Å². The van der Waals surface area contributed by atoms with E-state index in [4.69, 9.17) is 0 Å². The predicted molar refractivity (Wildman–Crippen MR) is 182 cm³/mol. The summed E-state index contributed by atoms with van der Waals surface area (Å²) in [6.45, 7) is 6.43. The lowest BCUT2D eigenvalue weighted by molar-refractivity contribution is 0.592. The smallest absolute Gasteiger partial charge is 0.223 e. The van der Waals surface area contributed by atoms with Gasteiger partial charge < -0.3 is 9.47 Å². The lowest BCUT2D eigenvalue weighted by Crippen LogP contribution is -2.31. The minimum atomic E-state index is -3.75. The molecule has 5 aromatic carbocycles. The number of aryl methyl sites for hydroxylation is 1. The van der Waals surface area contributed by atoms with Crippen LogP contribution in [-0.4, -0.2) is 18.0 Å². The van der Waals surface area contributed by atoms with E-state index in [1.807, 2.05) is 13.0 Å². The van der Waals surface area contributed by atoms with E-state index in [1.54, 1.807) is 36.4 Å². The SMILES string of the molecule is Cc1nc(S(=O)(=O)c2ccccc2)ccc1N1c2ccccc2C(C)(C)c2cc(-n3c4ccccc4c4ccccc43)ccc21. The van der Waals surface area contributed by atoms with E-state index in [-0.39, 0.29) is 15.3 Å². The summed E-state index contributed by atoms with van der Waals surface area (Å²) < 4.78 is 29.2. The summed E-state index contributed by atoms with van der Waals surface area (Å²) in [5.41, 5.74) is 9.09. The highest BCUT2D eigenvalue weighted by Crippen LogP contribution is 2.53. The van der Waals surface area contributed by atoms with Crippen molar-refractivity contribution in [1.82, 2.24) is 9.55 Å². The van der Waals surface area contributed by atoms with Gasteiger partial charge in [-0.15, -0.1) is 0 Å². The van der Waals surface area contributed by atoms with Crippen molar-refractivity contribution in [2.45, 2.75) is 36.1 Å². The third-order valence-electron chi connectivity index (χ3n) is 9.15. The fourth-order valence-electron chi connectivity index (χ4n) is 6.93. The van der Waals surface area contributed by atoms with Crippen LogP contribution in [-0.2, 0) is 15.3 Å². The predicted octanol–water partition coefficient (Wildman–Crippen LogP) is 9.43. The van der Waals surface area contributed by atoms with Crippen LogP contribution in [0.5, 0.6) is 0 Å². The van der Waals surface area contributed by atoms with Gasteiger partial charge >= 0.3 is 0 Å². The molecule has 220 valence electrons. The highest BCUT2D eigenvalue weighted by atomic mass is 32.2. The van der Waals surface area contributed by atoms with Crippen molar-refractivity contribution in [3.63, 3.8) is 0 Å². The fourth-order valence-corrected chi connectivity index (χ4v) is 8.19. The molecule has 0 saturated heterocycles. The number of pyridine rings is 1. The quantitative estimate of drug-likeness (QED) is 0.201. The first-order valence-corrected chi connectivity index (χ1v) is 16.6. The molecular weight excluding hydrogens is 575 g/mol. The maximum atomic E-state index is 13.4. The molecule has 0 atom stereocenters. The Morgan fingerprint density at radius 3 is 1.87 bits per heavy atom.